The summed E-state index contributed by atoms with van der Waals surface area (Å²) in [6.45, 7) is 8.67. The molecule has 1 rings (SSSR count). The molecular weight excluding hydrogens is 284 g/mol. The second-order valence-corrected chi connectivity index (χ2v) is 6.24. The molecule has 0 aliphatic heterocycles. The largest absolute Gasteiger partial charge is 0.466 e. The number of carbonyl (C=O) groups excluding carboxylic acids is 1. The molecule has 0 aromatic heterocycles. The number of carbonyl (C=O) groups is 1. The molecule has 4 atom stereocenters. The van der Waals surface area contributed by atoms with Crippen molar-refractivity contribution >= 4 is 21.9 Å². The predicted octanol–water partition coefficient (Wildman–Crippen LogP) is 3.15. The standard InChI is InChI=1S/C13H23BrO3/c1-5-16-13(15)10-6-11(14)12(7-10)17-9(4)8(2)3/h8-12H,5-7H2,1-4H3. The van der Waals surface area contributed by atoms with Crippen LogP contribution in [-0.2, 0) is 14.3 Å². The molecule has 0 heterocycles. The minimum absolute atomic E-state index is 0.0105. The van der Waals surface area contributed by atoms with Crippen molar-refractivity contribution in [1.29, 1.82) is 0 Å². The normalized spacial score (nSPS) is 30.6. The fourth-order valence-electron chi connectivity index (χ4n) is 1.97. The first-order valence-corrected chi connectivity index (χ1v) is 7.33. The molecule has 3 nitrogen and oxygen atoms in total. The zero-order valence-electron chi connectivity index (χ0n) is 11.1. The summed E-state index contributed by atoms with van der Waals surface area (Å²) in [6, 6.07) is 0. The SMILES string of the molecule is CCOC(=O)C1CC(Br)C(OC(C)C(C)C)C1. The van der Waals surface area contributed by atoms with Crippen LogP contribution in [0.2, 0.25) is 0 Å². The first-order chi connectivity index (χ1) is 7.95. The van der Waals surface area contributed by atoms with Gasteiger partial charge in [-0.15, -0.1) is 0 Å². The Morgan fingerprint density at radius 3 is 2.53 bits per heavy atom. The Kier molecular flexibility index (Phi) is 5.93. The number of esters is 1. The lowest BCUT2D eigenvalue weighted by Crippen LogP contribution is -2.27. The average molecular weight is 307 g/mol. The summed E-state index contributed by atoms with van der Waals surface area (Å²) < 4.78 is 11.0. The van der Waals surface area contributed by atoms with Crippen molar-refractivity contribution < 1.29 is 14.3 Å². The Balaban J connectivity index is 2.46. The molecule has 0 amide bonds. The van der Waals surface area contributed by atoms with Gasteiger partial charge in [0.2, 0.25) is 0 Å². The van der Waals surface area contributed by atoms with Gasteiger partial charge in [0.1, 0.15) is 0 Å². The molecule has 1 fully saturated rings. The van der Waals surface area contributed by atoms with Crippen LogP contribution in [0.3, 0.4) is 0 Å². The fourth-order valence-corrected chi connectivity index (χ4v) is 2.77. The summed E-state index contributed by atoms with van der Waals surface area (Å²) in [5.41, 5.74) is 0. The van der Waals surface area contributed by atoms with E-state index in [1.165, 1.54) is 0 Å². The second-order valence-electron chi connectivity index (χ2n) is 5.06. The molecule has 0 radical (unpaired) electrons. The Labute approximate surface area is 112 Å². The Hall–Kier alpha value is -0.0900. The molecular formula is C13H23BrO3. The van der Waals surface area contributed by atoms with Gasteiger partial charge in [0.15, 0.2) is 0 Å². The van der Waals surface area contributed by atoms with E-state index >= 15 is 0 Å². The third kappa shape index (κ3) is 4.25. The fraction of sp³-hybridized carbons (Fsp3) is 0.923. The summed E-state index contributed by atoms with van der Waals surface area (Å²) in [7, 11) is 0. The molecule has 1 aliphatic rings. The average Bonchev–Trinajstić information content (AvgIpc) is 2.60. The van der Waals surface area contributed by atoms with E-state index in [1.54, 1.807) is 0 Å². The molecule has 4 heteroatoms. The van der Waals surface area contributed by atoms with Gasteiger partial charge in [0.25, 0.3) is 0 Å². The van der Waals surface area contributed by atoms with E-state index in [4.69, 9.17) is 9.47 Å². The van der Waals surface area contributed by atoms with Crippen molar-refractivity contribution in [2.75, 3.05) is 6.61 Å². The molecule has 1 aliphatic carbocycles. The van der Waals surface area contributed by atoms with E-state index in [2.05, 4.69) is 36.7 Å². The zero-order valence-corrected chi connectivity index (χ0v) is 12.7. The maximum Gasteiger partial charge on any atom is 0.309 e. The summed E-state index contributed by atoms with van der Waals surface area (Å²) in [5, 5.41) is 0. The molecule has 1 saturated carbocycles. The van der Waals surface area contributed by atoms with Gasteiger partial charge in [0, 0.05) is 4.83 Å². The van der Waals surface area contributed by atoms with E-state index < -0.39 is 0 Å². The van der Waals surface area contributed by atoms with Crippen molar-refractivity contribution in [3.63, 3.8) is 0 Å². The molecule has 100 valence electrons. The number of rotatable bonds is 5. The molecule has 0 spiro atoms. The van der Waals surface area contributed by atoms with E-state index in [0.29, 0.717) is 12.5 Å². The van der Waals surface area contributed by atoms with Gasteiger partial charge in [-0.25, -0.2) is 0 Å². The number of halogens is 1. The lowest BCUT2D eigenvalue weighted by atomic mass is 10.1. The third-order valence-electron chi connectivity index (χ3n) is 3.38. The van der Waals surface area contributed by atoms with E-state index in [-0.39, 0.29) is 28.9 Å². The van der Waals surface area contributed by atoms with Gasteiger partial charge in [-0.2, -0.15) is 0 Å². The van der Waals surface area contributed by atoms with Gasteiger partial charge in [-0.05, 0) is 32.6 Å². The van der Waals surface area contributed by atoms with Gasteiger partial charge in [0.05, 0.1) is 24.7 Å². The van der Waals surface area contributed by atoms with Gasteiger partial charge < -0.3 is 9.47 Å². The predicted molar refractivity (Wildman–Crippen MR) is 71.2 cm³/mol. The van der Waals surface area contributed by atoms with E-state index in [9.17, 15) is 4.79 Å². The highest BCUT2D eigenvalue weighted by atomic mass is 79.9. The smallest absolute Gasteiger partial charge is 0.309 e. The molecule has 0 bridgehead atoms. The van der Waals surface area contributed by atoms with Crippen LogP contribution in [0.15, 0.2) is 0 Å². The monoisotopic (exact) mass is 306 g/mol. The first-order valence-electron chi connectivity index (χ1n) is 6.41. The third-order valence-corrected chi connectivity index (χ3v) is 4.34. The zero-order chi connectivity index (χ0) is 13.0. The second kappa shape index (κ2) is 6.74. The highest BCUT2D eigenvalue weighted by molar-refractivity contribution is 9.09. The van der Waals surface area contributed by atoms with Crippen molar-refractivity contribution in [2.24, 2.45) is 11.8 Å². The summed E-state index contributed by atoms with van der Waals surface area (Å²) in [6.07, 6.45) is 1.93. The molecule has 0 saturated heterocycles. The van der Waals surface area contributed by atoms with E-state index in [0.717, 1.165) is 12.8 Å². The Morgan fingerprint density at radius 1 is 1.35 bits per heavy atom. The highest BCUT2D eigenvalue weighted by Crippen LogP contribution is 2.35. The number of hydrogen-bond donors (Lipinski definition) is 0. The van der Waals surface area contributed by atoms with Crippen molar-refractivity contribution in [1.82, 2.24) is 0 Å². The molecule has 17 heavy (non-hydrogen) atoms. The Morgan fingerprint density at radius 2 is 2.00 bits per heavy atom. The maximum absolute atomic E-state index is 11.7. The van der Waals surface area contributed by atoms with Crippen LogP contribution in [0, 0.1) is 11.8 Å². The topological polar surface area (TPSA) is 35.5 Å². The minimum Gasteiger partial charge on any atom is -0.466 e. The Bertz CT molecular complexity index is 255. The number of hydrogen-bond acceptors (Lipinski definition) is 3. The molecule has 0 aromatic rings. The maximum atomic E-state index is 11.7. The van der Waals surface area contributed by atoms with Crippen molar-refractivity contribution in [3.8, 4) is 0 Å². The summed E-state index contributed by atoms with van der Waals surface area (Å²) in [4.78, 5) is 11.9. The number of alkyl halides is 1. The van der Waals surface area contributed by atoms with Gasteiger partial charge in [-0.3, -0.25) is 4.79 Å². The van der Waals surface area contributed by atoms with Gasteiger partial charge >= 0.3 is 5.97 Å². The lowest BCUT2D eigenvalue weighted by molar-refractivity contribution is -0.148. The van der Waals surface area contributed by atoms with Crippen LogP contribution >= 0.6 is 15.9 Å². The van der Waals surface area contributed by atoms with E-state index in [1.807, 2.05) is 6.92 Å². The van der Waals surface area contributed by atoms with Crippen molar-refractivity contribution in [2.45, 2.75) is 57.6 Å². The minimum atomic E-state index is -0.0831. The quantitative estimate of drug-likeness (QED) is 0.578. The van der Waals surface area contributed by atoms with Crippen molar-refractivity contribution in [3.05, 3.63) is 0 Å². The highest BCUT2D eigenvalue weighted by Gasteiger charge is 2.38. The van der Waals surface area contributed by atoms with Crippen LogP contribution in [0.1, 0.15) is 40.5 Å². The first kappa shape index (κ1) is 15.0. The molecule has 0 aromatic carbocycles. The summed E-state index contributed by atoms with van der Waals surface area (Å²) in [5.74, 6) is 0.403. The summed E-state index contributed by atoms with van der Waals surface area (Å²) >= 11 is 3.61. The van der Waals surface area contributed by atoms with Crippen LogP contribution in [0.25, 0.3) is 0 Å². The van der Waals surface area contributed by atoms with Crippen LogP contribution < -0.4 is 0 Å². The van der Waals surface area contributed by atoms with Gasteiger partial charge in [-0.1, -0.05) is 29.8 Å². The molecule has 4 unspecified atom stereocenters. The lowest BCUT2D eigenvalue weighted by Gasteiger charge is -2.23. The van der Waals surface area contributed by atoms with Crippen LogP contribution in [-0.4, -0.2) is 29.6 Å². The van der Waals surface area contributed by atoms with Crippen LogP contribution in [0.5, 0.6) is 0 Å². The van der Waals surface area contributed by atoms with Crippen LogP contribution in [0.4, 0.5) is 0 Å². The number of ether oxygens (including phenoxy) is 2. The molecule has 0 N–H and O–H groups in total.